The predicted molar refractivity (Wildman–Crippen MR) is 150 cm³/mol. The van der Waals surface area contributed by atoms with Gasteiger partial charge in [0.05, 0.1) is 11.4 Å². The average Bonchev–Trinajstić information content (AvgIpc) is 3.52. The number of aromatic nitrogens is 3. The van der Waals surface area contributed by atoms with Crippen molar-refractivity contribution >= 4 is 27.3 Å². The van der Waals surface area contributed by atoms with E-state index >= 15 is 0 Å². The minimum Gasteiger partial charge on any atom is -0.476 e. The van der Waals surface area contributed by atoms with Gasteiger partial charge in [-0.2, -0.15) is 5.10 Å². The number of carboxylic acid groups (broad SMARTS) is 1. The van der Waals surface area contributed by atoms with Crippen LogP contribution in [0.2, 0.25) is 0 Å². The van der Waals surface area contributed by atoms with Crippen LogP contribution < -0.4 is 5.14 Å². The quantitative estimate of drug-likeness (QED) is 0.236. The highest BCUT2D eigenvalue weighted by Crippen LogP contribution is 2.45. The summed E-state index contributed by atoms with van der Waals surface area (Å²) in [4.78, 5) is 15.3. The largest absolute Gasteiger partial charge is 0.476 e. The van der Waals surface area contributed by atoms with Gasteiger partial charge in [0, 0.05) is 28.8 Å². The van der Waals surface area contributed by atoms with Crippen molar-refractivity contribution in [3.05, 3.63) is 106 Å². The van der Waals surface area contributed by atoms with Gasteiger partial charge >= 0.3 is 5.97 Å². The molecule has 5 aromatic rings. The molecule has 41 heavy (non-hydrogen) atoms. The number of aromatic carboxylic acids is 1. The Morgan fingerprint density at radius 1 is 1.02 bits per heavy atom. The third-order valence-corrected chi connectivity index (χ3v) is 8.63. The molecule has 3 aromatic carbocycles. The summed E-state index contributed by atoms with van der Waals surface area (Å²) < 4.78 is 53.5. The Morgan fingerprint density at radius 3 is 2.39 bits per heavy atom. The Kier molecular flexibility index (Phi) is 6.76. The van der Waals surface area contributed by atoms with Crippen LogP contribution in [-0.2, 0) is 16.4 Å². The number of rotatable bonds is 8. The van der Waals surface area contributed by atoms with Crippen molar-refractivity contribution in [1.82, 2.24) is 14.8 Å². The van der Waals surface area contributed by atoms with Gasteiger partial charge in [-0.05, 0) is 59.9 Å². The molecule has 0 spiro atoms. The van der Waals surface area contributed by atoms with Crippen molar-refractivity contribution in [3.63, 3.8) is 0 Å². The molecule has 8 nitrogen and oxygen atoms in total. The number of thiazole rings is 1. The van der Waals surface area contributed by atoms with Crippen LogP contribution in [-0.4, -0.2) is 34.3 Å². The normalized spacial score (nSPS) is 13.4. The third-order valence-electron chi connectivity index (χ3n) is 6.87. The summed E-state index contributed by atoms with van der Waals surface area (Å²) in [6, 6.07) is 17.5. The molecule has 0 bridgehead atoms. The SMILES string of the molecule is NS(=O)(=O)c1ccc(Cc2c(C3CC3)nn(-c3nc(C(=O)O)cs3)c2-c2cccc(-c3ccc(F)cc3)c2)cc1F. The van der Waals surface area contributed by atoms with E-state index in [1.807, 2.05) is 24.3 Å². The van der Waals surface area contributed by atoms with E-state index in [0.29, 0.717) is 16.4 Å². The van der Waals surface area contributed by atoms with Crippen LogP contribution in [0.5, 0.6) is 0 Å². The molecule has 208 valence electrons. The van der Waals surface area contributed by atoms with Crippen molar-refractivity contribution in [2.75, 3.05) is 0 Å². The fourth-order valence-corrected chi connectivity index (χ4v) is 6.14. The maximum atomic E-state index is 14.8. The van der Waals surface area contributed by atoms with Crippen LogP contribution in [0.15, 0.2) is 77.0 Å². The van der Waals surface area contributed by atoms with Gasteiger partial charge in [-0.1, -0.05) is 36.4 Å². The Hall–Kier alpha value is -4.26. The lowest BCUT2D eigenvalue weighted by Gasteiger charge is -2.12. The fraction of sp³-hybridized carbons (Fsp3) is 0.138. The van der Waals surface area contributed by atoms with Gasteiger partial charge in [-0.15, -0.1) is 11.3 Å². The minimum absolute atomic E-state index is 0.110. The second-order valence-corrected chi connectivity index (χ2v) is 12.2. The number of hydrogen-bond donors (Lipinski definition) is 2. The molecule has 2 heterocycles. The molecule has 1 saturated carbocycles. The number of carbonyl (C=O) groups is 1. The monoisotopic (exact) mass is 592 g/mol. The molecule has 1 fully saturated rings. The number of sulfonamides is 1. The van der Waals surface area contributed by atoms with E-state index in [-0.39, 0.29) is 23.8 Å². The number of nitrogens with two attached hydrogens (primary N) is 1. The number of hydrogen-bond acceptors (Lipinski definition) is 6. The molecule has 2 aromatic heterocycles. The Balaban J connectivity index is 1.54. The van der Waals surface area contributed by atoms with Crippen molar-refractivity contribution in [2.24, 2.45) is 5.14 Å². The van der Waals surface area contributed by atoms with Gasteiger partial charge in [0.1, 0.15) is 16.5 Å². The predicted octanol–water partition coefficient (Wildman–Crippen LogP) is 5.75. The maximum Gasteiger partial charge on any atom is 0.355 e. The highest BCUT2D eigenvalue weighted by Gasteiger charge is 2.33. The summed E-state index contributed by atoms with van der Waals surface area (Å²) in [6.45, 7) is 0. The molecule has 0 aliphatic heterocycles. The zero-order valence-electron chi connectivity index (χ0n) is 21.3. The van der Waals surface area contributed by atoms with Gasteiger partial charge in [0.25, 0.3) is 0 Å². The van der Waals surface area contributed by atoms with Crippen molar-refractivity contribution < 1.29 is 27.1 Å². The molecule has 0 radical (unpaired) electrons. The van der Waals surface area contributed by atoms with E-state index in [1.54, 1.807) is 16.8 Å². The first kappa shape index (κ1) is 26.9. The van der Waals surface area contributed by atoms with Crippen LogP contribution in [0.3, 0.4) is 0 Å². The molecule has 1 aliphatic carbocycles. The zero-order chi connectivity index (χ0) is 28.9. The Labute approximate surface area is 237 Å². The second kappa shape index (κ2) is 10.3. The van der Waals surface area contributed by atoms with Gasteiger partial charge < -0.3 is 5.11 Å². The maximum absolute atomic E-state index is 14.8. The lowest BCUT2D eigenvalue weighted by Crippen LogP contribution is -2.14. The number of carboxylic acids is 1. The van der Waals surface area contributed by atoms with Gasteiger partial charge in [0.15, 0.2) is 5.69 Å². The smallest absolute Gasteiger partial charge is 0.355 e. The Morgan fingerprint density at radius 2 is 1.76 bits per heavy atom. The second-order valence-electron chi connectivity index (χ2n) is 9.79. The van der Waals surface area contributed by atoms with Crippen molar-refractivity contribution in [2.45, 2.75) is 30.1 Å². The fourth-order valence-electron chi connectivity index (χ4n) is 4.80. The molecular weight excluding hydrogens is 570 g/mol. The summed E-state index contributed by atoms with van der Waals surface area (Å²) in [5.41, 5.74) is 5.00. The number of benzene rings is 3. The summed E-state index contributed by atoms with van der Waals surface area (Å²) in [6.07, 6.45) is 2.05. The lowest BCUT2D eigenvalue weighted by atomic mass is 9.95. The first-order valence-electron chi connectivity index (χ1n) is 12.6. The van der Waals surface area contributed by atoms with Crippen LogP contribution in [0.25, 0.3) is 27.5 Å². The summed E-state index contributed by atoms with van der Waals surface area (Å²) >= 11 is 1.14. The molecule has 3 N–H and O–H groups in total. The number of nitrogens with zero attached hydrogens (tertiary/aromatic N) is 3. The van der Waals surface area contributed by atoms with E-state index < -0.39 is 26.7 Å². The van der Waals surface area contributed by atoms with E-state index in [2.05, 4.69) is 4.98 Å². The van der Waals surface area contributed by atoms with Gasteiger partial charge in [-0.25, -0.2) is 36.8 Å². The summed E-state index contributed by atoms with van der Waals surface area (Å²) in [5.74, 6) is -2.29. The summed E-state index contributed by atoms with van der Waals surface area (Å²) in [5, 5.41) is 21.3. The first-order chi connectivity index (χ1) is 19.6. The van der Waals surface area contributed by atoms with E-state index in [0.717, 1.165) is 64.3 Å². The third kappa shape index (κ3) is 5.41. The minimum atomic E-state index is -4.23. The van der Waals surface area contributed by atoms with E-state index in [4.69, 9.17) is 10.2 Å². The highest BCUT2D eigenvalue weighted by molar-refractivity contribution is 7.89. The molecule has 0 unspecified atom stereocenters. The first-order valence-corrected chi connectivity index (χ1v) is 15.0. The zero-order valence-corrected chi connectivity index (χ0v) is 22.9. The van der Waals surface area contributed by atoms with Gasteiger partial charge in [0.2, 0.25) is 15.2 Å². The number of primary sulfonamides is 1. The van der Waals surface area contributed by atoms with Crippen molar-refractivity contribution in [3.8, 4) is 27.5 Å². The number of halogens is 2. The molecule has 1 aliphatic rings. The van der Waals surface area contributed by atoms with E-state index in [9.17, 15) is 27.1 Å². The van der Waals surface area contributed by atoms with Crippen LogP contribution in [0.1, 0.15) is 46.1 Å². The van der Waals surface area contributed by atoms with Crippen LogP contribution in [0, 0.1) is 11.6 Å². The average molecular weight is 593 g/mol. The topological polar surface area (TPSA) is 128 Å². The molecule has 0 amide bonds. The van der Waals surface area contributed by atoms with Crippen molar-refractivity contribution in [1.29, 1.82) is 0 Å². The molecule has 0 atom stereocenters. The Bertz CT molecular complexity index is 1910. The molecule has 0 saturated heterocycles. The van der Waals surface area contributed by atoms with Crippen LogP contribution >= 0.6 is 11.3 Å². The lowest BCUT2D eigenvalue weighted by molar-refractivity contribution is 0.0691. The highest BCUT2D eigenvalue weighted by atomic mass is 32.2. The standard InChI is InChI=1S/C29H22F2N4O4S2/c30-21-9-7-17(8-10-21)19-2-1-3-20(14-19)27-22(12-16-4-11-25(23(31)13-16)41(32,38)39)26(18-5-6-18)34-35(27)29-33-24(15-40-29)28(36)37/h1-4,7-11,13-15,18H,5-6,12H2,(H,36,37)(H2,32,38,39). The van der Waals surface area contributed by atoms with Crippen LogP contribution in [0.4, 0.5) is 8.78 Å². The molecular formula is C29H22F2N4O4S2. The molecule has 6 rings (SSSR count). The van der Waals surface area contributed by atoms with Gasteiger partial charge in [-0.3, -0.25) is 0 Å². The van der Waals surface area contributed by atoms with E-state index in [1.165, 1.54) is 23.6 Å². The summed E-state index contributed by atoms with van der Waals surface area (Å²) in [7, 11) is -4.23. The molecule has 12 heteroatoms.